The molecule has 2 amide bonds. The van der Waals surface area contributed by atoms with Crippen LogP contribution in [0.5, 0.6) is 11.5 Å². The van der Waals surface area contributed by atoms with Crippen LogP contribution in [0.25, 0.3) is 0 Å². The van der Waals surface area contributed by atoms with E-state index in [4.69, 9.17) is 21.1 Å². The van der Waals surface area contributed by atoms with Crippen LogP contribution in [0.1, 0.15) is 18.1 Å². The summed E-state index contributed by atoms with van der Waals surface area (Å²) in [5.41, 5.74) is 6.44. The quantitative estimate of drug-likeness (QED) is 0.760. The lowest BCUT2D eigenvalue weighted by atomic mass is 10.2. The molecule has 6 nitrogen and oxygen atoms in total. The molecule has 0 aromatic heterocycles. The highest BCUT2D eigenvalue weighted by Crippen LogP contribution is 2.21. The standard InChI is InChI=1S/C19H21ClN2O4/c1-12-5-4-6-16(9-12)26-14(3)19(24)22-21-18(23)11-25-17-8-7-15(20)10-13(17)2/h4-10,14H,11H2,1-3H3,(H,21,23)(H,22,24)/t14-/m0/s1. The van der Waals surface area contributed by atoms with E-state index < -0.39 is 17.9 Å². The Labute approximate surface area is 157 Å². The molecule has 0 bridgehead atoms. The van der Waals surface area contributed by atoms with Gasteiger partial charge in [0.1, 0.15) is 11.5 Å². The number of carbonyl (C=O) groups excluding carboxylic acids is 2. The van der Waals surface area contributed by atoms with Crippen molar-refractivity contribution in [1.82, 2.24) is 10.9 Å². The molecule has 0 unspecified atom stereocenters. The van der Waals surface area contributed by atoms with Crippen molar-refractivity contribution >= 4 is 23.4 Å². The maximum absolute atomic E-state index is 12.0. The first-order chi connectivity index (χ1) is 12.3. The van der Waals surface area contributed by atoms with Crippen LogP contribution in [0.3, 0.4) is 0 Å². The molecule has 2 aromatic carbocycles. The van der Waals surface area contributed by atoms with Crippen LogP contribution in [-0.4, -0.2) is 24.5 Å². The summed E-state index contributed by atoms with van der Waals surface area (Å²) in [5, 5.41) is 0.592. The van der Waals surface area contributed by atoms with Gasteiger partial charge in [-0.3, -0.25) is 20.4 Å². The SMILES string of the molecule is Cc1cccc(O[C@@H](C)C(=O)NNC(=O)COc2ccc(Cl)cc2C)c1. The van der Waals surface area contributed by atoms with Gasteiger partial charge in [-0.05, 0) is 62.2 Å². The molecule has 0 saturated heterocycles. The largest absolute Gasteiger partial charge is 0.483 e. The van der Waals surface area contributed by atoms with Gasteiger partial charge in [0.2, 0.25) is 0 Å². The summed E-state index contributed by atoms with van der Waals surface area (Å²) in [5.74, 6) is 0.172. The van der Waals surface area contributed by atoms with Crippen molar-refractivity contribution in [3.8, 4) is 11.5 Å². The molecular formula is C19H21ClN2O4. The monoisotopic (exact) mass is 376 g/mol. The molecule has 7 heteroatoms. The lowest BCUT2D eigenvalue weighted by molar-refractivity contribution is -0.133. The Hall–Kier alpha value is -2.73. The normalized spacial score (nSPS) is 11.4. The zero-order valence-electron chi connectivity index (χ0n) is 14.8. The van der Waals surface area contributed by atoms with Gasteiger partial charge in [0.25, 0.3) is 11.8 Å². The number of rotatable bonds is 6. The van der Waals surface area contributed by atoms with Crippen molar-refractivity contribution in [1.29, 1.82) is 0 Å². The van der Waals surface area contributed by atoms with Crippen LogP contribution in [0.4, 0.5) is 0 Å². The van der Waals surface area contributed by atoms with Gasteiger partial charge in [0, 0.05) is 5.02 Å². The summed E-state index contributed by atoms with van der Waals surface area (Å²) < 4.78 is 10.9. The fourth-order valence-electron chi connectivity index (χ4n) is 2.13. The maximum atomic E-state index is 12.0. The number of amides is 2. The Balaban J connectivity index is 1.76. The number of nitrogens with one attached hydrogen (secondary N) is 2. The number of hydrazine groups is 1. The first kappa shape index (κ1) is 19.6. The average molecular weight is 377 g/mol. The van der Waals surface area contributed by atoms with Gasteiger partial charge in [-0.1, -0.05) is 23.7 Å². The molecule has 2 rings (SSSR count). The van der Waals surface area contributed by atoms with Crippen LogP contribution in [-0.2, 0) is 9.59 Å². The lowest BCUT2D eigenvalue weighted by Gasteiger charge is -2.15. The molecule has 26 heavy (non-hydrogen) atoms. The Bertz CT molecular complexity index is 795. The highest BCUT2D eigenvalue weighted by Gasteiger charge is 2.15. The molecule has 1 atom stereocenters. The molecule has 0 aliphatic rings. The zero-order valence-corrected chi connectivity index (χ0v) is 15.6. The second-order valence-electron chi connectivity index (χ2n) is 5.81. The second-order valence-corrected chi connectivity index (χ2v) is 6.25. The molecule has 0 aliphatic carbocycles. The maximum Gasteiger partial charge on any atom is 0.279 e. The molecule has 2 aromatic rings. The Kier molecular flexibility index (Phi) is 6.86. The third kappa shape index (κ3) is 5.97. The smallest absolute Gasteiger partial charge is 0.279 e. The van der Waals surface area contributed by atoms with Crippen LogP contribution in [0.2, 0.25) is 5.02 Å². The molecule has 0 saturated carbocycles. The predicted molar refractivity (Wildman–Crippen MR) is 99.2 cm³/mol. The molecule has 138 valence electrons. The van der Waals surface area contributed by atoms with Crippen LogP contribution in [0, 0.1) is 13.8 Å². The minimum atomic E-state index is -0.767. The van der Waals surface area contributed by atoms with Gasteiger partial charge < -0.3 is 9.47 Å². The van der Waals surface area contributed by atoms with Crippen molar-refractivity contribution in [3.63, 3.8) is 0 Å². The fourth-order valence-corrected chi connectivity index (χ4v) is 2.36. The molecular weight excluding hydrogens is 356 g/mol. The summed E-state index contributed by atoms with van der Waals surface area (Å²) in [6.45, 7) is 5.11. The van der Waals surface area contributed by atoms with Crippen LogP contribution < -0.4 is 20.3 Å². The highest BCUT2D eigenvalue weighted by atomic mass is 35.5. The van der Waals surface area contributed by atoms with E-state index in [1.807, 2.05) is 32.0 Å². The predicted octanol–water partition coefficient (Wildman–Crippen LogP) is 2.95. The van der Waals surface area contributed by atoms with Crippen molar-refractivity contribution in [2.45, 2.75) is 26.9 Å². The number of aryl methyl sites for hydroxylation is 2. The number of carbonyl (C=O) groups is 2. The first-order valence-electron chi connectivity index (χ1n) is 8.06. The van der Waals surface area contributed by atoms with E-state index in [9.17, 15) is 9.59 Å². The van der Waals surface area contributed by atoms with Crippen LogP contribution >= 0.6 is 11.6 Å². The van der Waals surface area contributed by atoms with Crippen molar-refractivity contribution < 1.29 is 19.1 Å². The highest BCUT2D eigenvalue weighted by molar-refractivity contribution is 6.30. The molecule has 0 radical (unpaired) electrons. The summed E-state index contributed by atoms with van der Waals surface area (Å²) in [7, 11) is 0. The summed E-state index contributed by atoms with van der Waals surface area (Å²) in [6.07, 6.45) is -0.767. The van der Waals surface area contributed by atoms with E-state index in [0.29, 0.717) is 16.5 Å². The third-order valence-electron chi connectivity index (χ3n) is 3.49. The third-order valence-corrected chi connectivity index (χ3v) is 3.73. The van der Waals surface area contributed by atoms with Gasteiger partial charge in [-0.25, -0.2) is 0 Å². The molecule has 0 spiro atoms. The molecule has 0 heterocycles. The van der Waals surface area contributed by atoms with Gasteiger partial charge >= 0.3 is 0 Å². The molecule has 0 aliphatic heterocycles. The Morgan fingerprint density at radius 1 is 1.12 bits per heavy atom. The van der Waals surface area contributed by atoms with E-state index in [-0.39, 0.29) is 6.61 Å². The number of halogens is 1. The summed E-state index contributed by atoms with van der Waals surface area (Å²) in [4.78, 5) is 23.8. The second kappa shape index (κ2) is 9.10. The number of hydrogen-bond donors (Lipinski definition) is 2. The topological polar surface area (TPSA) is 76.7 Å². The van der Waals surface area contributed by atoms with E-state index in [0.717, 1.165) is 11.1 Å². The van der Waals surface area contributed by atoms with E-state index in [1.165, 1.54) is 0 Å². The minimum absolute atomic E-state index is 0.240. The number of hydrogen-bond acceptors (Lipinski definition) is 4. The molecule has 0 fully saturated rings. The van der Waals surface area contributed by atoms with Crippen molar-refractivity contribution in [2.24, 2.45) is 0 Å². The van der Waals surface area contributed by atoms with Gasteiger partial charge in [0.15, 0.2) is 12.7 Å². The molecule has 2 N–H and O–H groups in total. The summed E-state index contributed by atoms with van der Waals surface area (Å²) >= 11 is 5.87. The first-order valence-corrected chi connectivity index (χ1v) is 8.44. The van der Waals surface area contributed by atoms with Gasteiger partial charge in [-0.2, -0.15) is 0 Å². The zero-order chi connectivity index (χ0) is 19.1. The summed E-state index contributed by atoms with van der Waals surface area (Å²) in [6, 6.07) is 12.5. The Morgan fingerprint density at radius 2 is 1.88 bits per heavy atom. The van der Waals surface area contributed by atoms with Crippen molar-refractivity contribution in [3.05, 3.63) is 58.6 Å². The number of ether oxygens (including phenoxy) is 2. The van der Waals surface area contributed by atoms with Gasteiger partial charge in [0.05, 0.1) is 0 Å². The lowest BCUT2D eigenvalue weighted by Crippen LogP contribution is -2.48. The van der Waals surface area contributed by atoms with Crippen molar-refractivity contribution in [2.75, 3.05) is 6.61 Å². The fraction of sp³-hybridized carbons (Fsp3) is 0.263. The van der Waals surface area contributed by atoms with E-state index >= 15 is 0 Å². The van der Waals surface area contributed by atoms with E-state index in [2.05, 4.69) is 10.9 Å². The minimum Gasteiger partial charge on any atom is -0.483 e. The number of benzene rings is 2. The van der Waals surface area contributed by atoms with E-state index in [1.54, 1.807) is 31.2 Å². The average Bonchev–Trinajstić information content (AvgIpc) is 2.58. The van der Waals surface area contributed by atoms with Crippen LogP contribution in [0.15, 0.2) is 42.5 Å². The Morgan fingerprint density at radius 3 is 2.58 bits per heavy atom. The van der Waals surface area contributed by atoms with Gasteiger partial charge in [-0.15, -0.1) is 0 Å².